The Bertz CT molecular complexity index is 398. The van der Waals surface area contributed by atoms with Gasteiger partial charge < -0.3 is 5.32 Å². The number of halogens is 2. The highest BCUT2D eigenvalue weighted by molar-refractivity contribution is 9.10. The molecule has 0 bridgehead atoms. The SMILES string of the molecule is C#CCCCC(NCC)c1cc(F)ccc1Br. The third-order valence-electron chi connectivity index (χ3n) is 2.60. The van der Waals surface area contributed by atoms with Crippen LogP contribution in [0.1, 0.15) is 37.8 Å². The van der Waals surface area contributed by atoms with Crippen molar-refractivity contribution in [1.29, 1.82) is 0 Å². The van der Waals surface area contributed by atoms with E-state index in [2.05, 4.69) is 27.2 Å². The molecule has 0 saturated carbocycles. The summed E-state index contributed by atoms with van der Waals surface area (Å²) in [5.74, 6) is 2.42. The maximum atomic E-state index is 13.3. The third kappa shape index (κ3) is 4.49. The van der Waals surface area contributed by atoms with E-state index in [-0.39, 0.29) is 11.9 Å². The molecule has 0 heterocycles. The minimum absolute atomic E-state index is 0.151. The van der Waals surface area contributed by atoms with E-state index in [0.717, 1.165) is 35.8 Å². The largest absolute Gasteiger partial charge is 0.310 e. The molecule has 1 rings (SSSR count). The van der Waals surface area contributed by atoms with Crippen LogP contribution >= 0.6 is 15.9 Å². The highest BCUT2D eigenvalue weighted by atomic mass is 79.9. The van der Waals surface area contributed by atoms with Crippen molar-refractivity contribution in [2.24, 2.45) is 0 Å². The van der Waals surface area contributed by atoms with E-state index in [1.54, 1.807) is 12.1 Å². The number of rotatable bonds is 6. The fraction of sp³-hybridized carbons (Fsp3) is 0.429. The topological polar surface area (TPSA) is 12.0 Å². The summed E-state index contributed by atoms with van der Waals surface area (Å²) in [7, 11) is 0. The Hall–Kier alpha value is -0.850. The van der Waals surface area contributed by atoms with Gasteiger partial charge in [0.2, 0.25) is 0 Å². The smallest absolute Gasteiger partial charge is 0.123 e. The fourth-order valence-electron chi connectivity index (χ4n) is 1.80. The van der Waals surface area contributed by atoms with Crippen molar-refractivity contribution >= 4 is 15.9 Å². The molecular weight excluding hydrogens is 281 g/mol. The molecule has 0 aliphatic heterocycles. The van der Waals surface area contributed by atoms with E-state index in [9.17, 15) is 4.39 Å². The summed E-state index contributed by atoms with van der Waals surface area (Å²) in [5, 5.41) is 3.36. The van der Waals surface area contributed by atoms with Gasteiger partial charge in [-0.05, 0) is 43.1 Å². The van der Waals surface area contributed by atoms with Crippen LogP contribution in [0.4, 0.5) is 4.39 Å². The van der Waals surface area contributed by atoms with Gasteiger partial charge in [-0.25, -0.2) is 4.39 Å². The van der Waals surface area contributed by atoms with Crippen molar-refractivity contribution in [3.63, 3.8) is 0 Å². The van der Waals surface area contributed by atoms with Crippen molar-refractivity contribution in [2.75, 3.05) is 6.54 Å². The summed E-state index contributed by atoms with van der Waals surface area (Å²) in [4.78, 5) is 0. The predicted molar refractivity (Wildman–Crippen MR) is 73.2 cm³/mol. The van der Waals surface area contributed by atoms with E-state index >= 15 is 0 Å². The number of nitrogens with one attached hydrogen (secondary N) is 1. The normalized spacial score (nSPS) is 12.1. The molecule has 1 nitrogen and oxygen atoms in total. The van der Waals surface area contributed by atoms with Gasteiger partial charge in [-0.2, -0.15) is 0 Å². The number of hydrogen-bond donors (Lipinski definition) is 1. The summed E-state index contributed by atoms with van der Waals surface area (Å²) in [6.07, 6.45) is 7.86. The van der Waals surface area contributed by atoms with Crippen LogP contribution < -0.4 is 5.32 Å². The van der Waals surface area contributed by atoms with E-state index in [1.807, 2.05) is 6.92 Å². The molecule has 0 saturated heterocycles. The van der Waals surface area contributed by atoms with Gasteiger partial charge in [0.1, 0.15) is 5.82 Å². The molecule has 0 amide bonds. The Morgan fingerprint density at radius 2 is 2.29 bits per heavy atom. The predicted octanol–water partition coefficient (Wildman–Crippen LogP) is 4.04. The maximum Gasteiger partial charge on any atom is 0.123 e. The third-order valence-corrected chi connectivity index (χ3v) is 3.32. The van der Waals surface area contributed by atoms with Crippen LogP contribution in [0, 0.1) is 18.2 Å². The lowest BCUT2D eigenvalue weighted by molar-refractivity contribution is 0.496. The first-order chi connectivity index (χ1) is 8.19. The van der Waals surface area contributed by atoms with Crippen molar-refractivity contribution in [2.45, 2.75) is 32.2 Å². The lowest BCUT2D eigenvalue weighted by atomic mass is 10.0. The molecule has 1 unspecified atom stereocenters. The van der Waals surface area contributed by atoms with Crippen LogP contribution in [0.3, 0.4) is 0 Å². The van der Waals surface area contributed by atoms with Gasteiger partial charge in [-0.15, -0.1) is 12.3 Å². The van der Waals surface area contributed by atoms with Crippen LogP contribution in [0.2, 0.25) is 0 Å². The Labute approximate surface area is 111 Å². The zero-order valence-corrected chi connectivity index (χ0v) is 11.6. The van der Waals surface area contributed by atoms with Gasteiger partial charge in [-0.1, -0.05) is 22.9 Å². The van der Waals surface area contributed by atoms with Gasteiger partial charge in [0, 0.05) is 16.9 Å². The van der Waals surface area contributed by atoms with Crippen LogP contribution in [-0.4, -0.2) is 6.54 Å². The van der Waals surface area contributed by atoms with E-state index < -0.39 is 0 Å². The van der Waals surface area contributed by atoms with Gasteiger partial charge in [0.25, 0.3) is 0 Å². The molecule has 0 aliphatic rings. The van der Waals surface area contributed by atoms with Gasteiger partial charge >= 0.3 is 0 Å². The second kappa shape index (κ2) is 7.47. The van der Waals surface area contributed by atoms with Gasteiger partial charge in [0.05, 0.1) is 0 Å². The van der Waals surface area contributed by atoms with Crippen LogP contribution in [0.5, 0.6) is 0 Å². The summed E-state index contributed by atoms with van der Waals surface area (Å²) in [6, 6.07) is 4.93. The van der Waals surface area contributed by atoms with E-state index in [1.165, 1.54) is 6.07 Å². The Balaban J connectivity index is 2.81. The summed E-state index contributed by atoms with van der Waals surface area (Å²) in [5.41, 5.74) is 0.962. The number of hydrogen-bond acceptors (Lipinski definition) is 1. The van der Waals surface area contributed by atoms with Crippen LogP contribution in [0.25, 0.3) is 0 Å². The summed E-state index contributed by atoms with van der Waals surface area (Å²) < 4.78 is 14.2. The molecule has 0 aliphatic carbocycles. The molecule has 1 N–H and O–H groups in total. The number of unbranched alkanes of at least 4 members (excludes halogenated alkanes) is 1. The fourth-order valence-corrected chi connectivity index (χ4v) is 2.33. The average Bonchev–Trinajstić information content (AvgIpc) is 2.32. The zero-order chi connectivity index (χ0) is 12.7. The molecule has 0 fully saturated rings. The first kappa shape index (κ1) is 14.2. The van der Waals surface area contributed by atoms with Crippen molar-refractivity contribution in [3.05, 3.63) is 34.1 Å². The molecule has 1 atom stereocenters. The molecule has 3 heteroatoms. The van der Waals surface area contributed by atoms with Crippen LogP contribution in [-0.2, 0) is 0 Å². The second-order valence-electron chi connectivity index (χ2n) is 3.87. The monoisotopic (exact) mass is 297 g/mol. The lowest BCUT2D eigenvalue weighted by Crippen LogP contribution is -2.21. The Morgan fingerprint density at radius 3 is 2.94 bits per heavy atom. The molecule has 0 radical (unpaired) electrons. The Kier molecular flexibility index (Phi) is 6.25. The first-order valence-corrected chi connectivity index (χ1v) is 6.60. The van der Waals surface area contributed by atoms with E-state index in [0.29, 0.717) is 0 Å². The van der Waals surface area contributed by atoms with Gasteiger partial charge in [-0.3, -0.25) is 0 Å². The molecule has 1 aromatic carbocycles. The Morgan fingerprint density at radius 1 is 1.53 bits per heavy atom. The van der Waals surface area contributed by atoms with Crippen molar-refractivity contribution in [1.82, 2.24) is 5.32 Å². The van der Waals surface area contributed by atoms with Crippen molar-refractivity contribution in [3.8, 4) is 12.3 Å². The average molecular weight is 298 g/mol. The molecule has 0 aromatic heterocycles. The quantitative estimate of drug-likeness (QED) is 0.617. The highest BCUT2D eigenvalue weighted by Crippen LogP contribution is 2.27. The first-order valence-electron chi connectivity index (χ1n) is 5.80. The number of terminal acetylenes is 1. The minimum Gasteiger partial charge on any atom is -0.310 e. The summed E-state index contributed by atoms with van der Waals surface area (Å²) in [6.45, 7) is 2.89. The molecule has 92 valence electrons. The summed E-state index contributed by atoms with van der Waals surface area (Å²) >= 11 is 3.46. The highest BCUT2D eigenvalue weighted by Gasteiger charge is 2.13. The van der Waals surface area contributed by atoms with Gasteiger partial charge in [0.15, 0.2) is 0 Å². The molecule has 17 heavy (non-hydrogen) atoms. The zero-order valence-electron chi connectivity index (χ0n) is 9.97. The minimum atomic E-state index is -0.206. The second-order valence-corrected chi connectivity index (χ2v) is 4.73. The maximum absolute atomic E-state index is 13.3. The van der Waals surface area contributed by atoms with E-state index in [4.69, 9.17) is 6.42 Å². The number of benzene rings is 1. The van der Waals surface area contributed by atoms with Crippen molar-refractivity contribution < 1.29 is 4.39 Å². The molecular formula is C14H17BrFN. The van der Waals surface area contributed by atoms with Crippen LogP contribution in [0.15, 0.2) is 22.7 Å². The lowest BCUT2D eigenvalue weighted by Gasteiger charge is -2.19. The standard InChI is InChI=1S/C14H17BrFN/c1-3-5-6-7-14(17-4-2)12-10-11(16)8-9-13(12)15/h1,8-10,14,17H,4-7H2,2H3. The molecule has 1 aromatic rings. The molecule has 0 spiro atoms.